The Morgan fingerprint density at radius 1 is 1.20 bits per heavy atom. The average Bonchev–Trinajstić information content (AvgIpc) is 1.90. The Labute approximate surface area is 68.2 Å². The van der Waals surface area contributed by atoms with E-state index >= 15 is 0 Å². The summed E-state index contributed by atoms with van der Waals surface area (Å²) in [7, 11) is 0. The third kappa shape index (κ3) is 2.45. The summed E-state index contributed by atoms with van der Waals surface area (Å²) >= 11 is 0. The van der Waals surface area contributed by atoms with Crippen LogP contribution in [-0.2, 0) is 0 Å². The summed E-state index contributed by atoms with van der Waals surface area (Å²) in [4.78, 5) is 0. The minimum absolute atomic E-state index is 0. The first kappa shape index (κ1) is 10.2. The zero-order chi connectivity index (χ0) is 6.74. The van der Waals surface area contributed by atoms with Gasteiger partial charge in [-0.3, -0.25) is 0 Å². The quantitative estimate of drug-likeness (QED) is 0.611. The van der Waals surface area contributed by atoms with Gasteiger partial charge in [-0.2, -0.15) is 0 Å². The van der Waals surface area contributed by atoms with Gasteiger partial charge in [-0.25, -0.2) is 0 Å². The summed E-state index contributed by atoms with van der Waals surface area (Å²) < 4.78 is 0. The smallest absolute Gasteiger partial charge is 0.0769 e. The van der Waals surface area contributed by atoms with Crippen LogP contribution in [0.3, 0.4) is 0 Å². The van der Waals surface area contributed by atoms with Gasteiger partial charge in [0, 0.05) is 6.54 Å². The predicted octanol–water partition coefficient (Wildman–Crippen LogP) is 1.06. The molecule has 3 N–H and O–H groups in total. The predicted molar refractivity (Wildman–Crippen MR) is 44.3 cm³/mol. The molecule has 3 heteroatoms. The Bertz CT molecular complexity index is 91.6. The monoisotopic (exact) mass is 165 g/mol. The lowest BCUT2D eigenvalue weighted by Gasteiger charge is -2.30. The second-order valence-corrected chi connectivity index (χ2v) is 2.99. The fourth-order valence-electron chi connectivity index (χ4n) is 1.41. The summed E-state index contributed by atoms with van der Waals surface area (Å²) in [5, 5.41) is 9.56. The van der Waals surface area contributed by atoms with Crippen molar-refractivity contribution in [2.24, 2.45) is 5.73 Å². The number of aliphatic hydroxyl groups is 1. The normalized spacial score (nSPS) is 23.4. The highest BCUT2D eigenvalue weighted by Gasteiger charge is 2.26. The van der Waals surface area contributed by atoms with Gasteiger partial charge in [-0.1, -0.05) is 19.3 Å². The fraction of sp³-hybridized carbons (Fsp3) is 1.00. The lowest BCUT2D eigenvalue weighted by Crippen LogP contribution is -2.39. The van der Waals surface area contributed by atoms with Crippen LogP contribution in [0.15, 0.2) is 0 Å². The van der Waals surface area contributed by atoms with Gasteiger partial charge in [0.2, 0.25) is 0 Å². The first-order chi connectivity index (χ1) is 4.27. The van der Waals surface area contributed by atoms with Crippen molar-refractivity contribution < 1.29 is 5.11 Å². The molecule has 0 bridgehead atoms. The Hall–Kier alpha value is 0.210. The third-order valence-corrected chi connectivity index (χ3v) is 2.16. The van der Waals surface area contributed by atoms with Crippen LogP contribution in [0, 0.1) is 0 Å². The molecule has 0 amide bonds. The maximum absolute atomic E-state index is 9.56. The van der Waals surface area contributed by atoms with Gasteiger partial charge in [-0.15, -0.1) is 12.4 Å². The highest BCUT2D eigenvalue weighted by atomic mass is 35.5. The molecule has 0 saturated heterocycles. The standard InChI is InChI=1S/C7H15NO.ClH/c8-6-7(9)4-2-1-3-5-7;/h9H,1-6,8H2;1H. The van der Waals surface area contributed by atoms with Crippen molar-refractivity contribution in [3.8, 4) is 0 Å². The Morgan fingerprint density at radius 3 is 2.00 bits per heavy atom. The van der Waals surface area contributed by atoms with Gasteiger partial charge in [0.15, 0.2) is 0 Å². The topological polar surface area (TPSA) is 46.2 Å². The zero-order valence-corrected chi connectivity index (χ0v) is 6.99. The Morgan fingerprint density at radius 2 is 1.70 bits per heavy atom. The number of hydrogen-bond donors (Lipinski definition) is 2. The van der Waals surface area contributed by atoms with Crippen molar-refractivity contribution in [3.63, 3.8) is 0 Å². The molecule has 1 rings (SSSR count). The third-order valence-electron chi connectivity index (χ3n) is 2.16. The number of rotatable bonds is 1. The highest BCUT2D eigenvalue weighted by Crippen LogP contribution is 2.26. The van der Waals surface area contributed by atoms with Crippen LogP contribution in [-0.4, -0.2) is 17.3 Å². The van der Waals surface area contributed by atoms with Crippen LogP contribution in [0.25, 0.3) is 0 Å². The lowest BCUT2D eigenvalue weighted by molar-refractivity contribution is 0.0128. The molecule has 62 valence electrons. The fourth-order valence-corrected chi connectivity index (χ4v) is 1.41. The number of hydrogen-bond acceptors (Lipinski definition) is 2. The van der Waals surface area contributed by atoms with E-state index in [1.54, 1.807) is 0 Å². The van der Waals surface area contributed by atoms with Crippen molar-refractivity contribution in [2.75, 3.05) is 6.54 Å². The first-order valence-electron chi connectivity index (χ1n) is 3.69. The summed E-state index contributed by atoms with van der Waals surface area (Å²) in [6, 6.07) is 0. The Balaban J connectivity index is 0.000000810. The lowest BCUT2D eigenvalue weighted by atomic mass is 9.85. The van der Waals surface area contributed by atoms with Crippen LogP contribution in [0.4, 0.5) is 0 Å². The first-order valence-corrected chi connectivity index (χ1v) is 3.69. The van der Waals surface area contributed by atoms with E-state index in [1.807, 2.05) is 0 Å². The average molecular weight is 166 g/mol. The van der Waals surface area contributed by atoms with Crippen molar-refractivity contribution in [3.05, 3.63) is 0 Å². The van der Waals surface area contributed by atoms with E-state index in [4.69, 9.17) is 5.73 Å². The van der Waals surface area contributed by atoms with E-state index in [-0.39, 0.29) is 12.4 Å². The molecular formula is C7H16ClNO. The summed E-state index contributed by atoms with van der Waals surface area (Å²) in [6.07, 6.45) is 5.37. The molecule has 0 radical (unpaired) electrons. The van der Waals surface area contributed by atoms with Crippen molar-refractivity contribution >= 4 is 12.4 Å². The molecule has 0 aliphatic heterocycles. The molecule has 1 saturated carbocycles. The minimum Gasteiger partial charge on any atom is -0.389 e. The molecule has 0 spiro atoms. The maximum atomic E-state index is 9.56. The van der Waals surface area contributed by atoms with Gasteiger partial charge in [0.05, 0.1) is 5.60 Å². The van der Waals surface area contributed by atoms with Crippen LogP contribution >= 0.6 is 12.4 Å². The maximum Gasteiger partial charge on any atom is 0.0769 e. The largest absolute Gasteiger partial charge is 0.389 e. The van der Waals surface area contributed by atoms with Gasteiger partial charge in [0.25, 0.3) is 0 Å². The van der Waals surface area contributed by atoms with E-state index < -0.39 is 5.60 Å². The molecular weight excluding hydrogens is 150 g/mol. The molecule has 0 unspecified atom stereocenters. The number of halogens is 1. The van der Waals surface area contributed by atoms with Crippen LogP contribution in [0.2, 0.25) is 0 Å². The van der Waals surface area contributed by atoms with Gasteiger partial charge >= 0.3 is 0 Å². The molecule has 1 aliphatic rings. The molecule has 0 aromatic carbocycles. The van der Waals surface area contributed by atoms with E-state index in [1.165, 1.54) is 6.42 Å². The molecule has 2 nitrogen and oxygen atoms in total. The van der Waals surface area contributed by atoms with Crippen LogP contribution in [0.5, 0.6) is 0 Å². The van der Waals surface area contributed by atoms with Gasteiger partial charge in [0.1, 0.15) is 0 Å². The molecule has 10 heavy (non-hydrogen) atoms. The van der Waals surface area contributed by atoms with E-state index in [0.29, 0.717) is 6.54 Å². The van der Waals surface area contributed by atoms with E-state index in [9.17, 15) is 5.11 Å². The van der Waals surface area contributed by atoms with Crippen LogP contribution < -0.4 is 5.73 Å². The molecule has 0 aromatic rings. The van der Waals surface area contributed by atoms with Crippen LogP contribution in [0.1, 0.15) is 32.1 Å². The van der Waals surface area contributed by atoms with Crippen molar-refractivity contribution in [2.45, 2.75) is 37.7 Å². The summed E-state index contributed by atoms with van der Waals surface area (Å²) in [6.45, 7) is 0.438. The van der Waals surface area contributed by atoms with Gasteiger partial charge in [-0.05, 0) is 12.8 Å². The second-order valence-electron chi connectivity index (χ2n) is 2.99. The molecule has 0 heterocycles. The van der Waals surface area contributed by atoms with E-state index in [2.05, 4.69) is 0 Å². The molecule has 0 atom stereocenters. The Kier molecular flexibility index (Phi) is 4.25. The number of nitrogens with two attached hydrogens (primary N) is 1. The second kappa shape index (κ2) is 4.16. The van der Waals surface area contributed by atoms with Crippen molar-refractivity contribution in [1.82, 2.24) is 0 Å². The zero-order valence-electron chi connectivity index (χ0n) is 6.18. The summed E-state index contributed by atoms with van der Waals surface area (Å²) in [5.41, 5.74) is 4.89. The minimum atomic E-state index is -0.502. The van der Waals surface area contributed by atoms with Gasteiger partial charge < -0.3 is 10.8 Å². The highest BCUT2D eigenvalue weighted by molar-refractivity contribution is 5.85. The molecule has 1 aliphatic carbocycles. The SMILES string of the molecule is Cl.NCC1(O)CCCCC1. The van der Waals surface area contributed by atoms with Crippen molar-refractivity contribution in [1.29, 1.82) is 0 Å². The molecule has 1 fully saturated rings. The molecule has 0 aromatic heterocycles. The summed E-state index contributed by atoms with van der Waals surface area (Å²) in [5.74, 6) is 0. The van der Waals surface area contributed by atoms with E-state index in [0.717, 1.165) is 25.7 Å².